The van der Waals surface area contributed by atoms with Crippen LogP contribution in [0, 0.1) is 0 Å². The summed E-state index contributed by atoms with van der Waals surface area (Å²) in [5.74, 6) is -0.430. The third-order valence-electron chi connectivity index (χ3n) is 5.03. The first-order chi connectivity index (χ1) is 14.5. The first kappa shape index (κ1) is 20.9. The summed E-state index contributed by atoms with van der Waals surface area (Å²) in [5.41, 5.74) is 11.4. The van der Waals surface area contributed by atoms with Crippen LogP contribution in [-0.2, 0) is 4.74 Å². The van der Waals surface area contributed by atoms with Gasteiger partial charge in [-0.05, 0) is 42.1 Å². The van der Waals surface area contributed by atoms with Gasteiger partial charge in [0.05, 0.1) is 24.0 Å². The second-order valence-corrected chi connectivity index (χ2v) is 6.84. The molecule has 1 aliphatic heterocycles. The Labute approximate surface area is 173 Å². The first-order valence-corrected chi connectivity index (χ1v) is 9.41. The van der Waals surface area contributed by atoms with Crippen LogP contribution in [-0.4, -0.2) is 48.5 Å². The Kier molecular flexibility index (Phi) is 6.67. The van der Waals surface area contributed by atoms with E-state index in [0.29, 0.717) is 24.3 Å². The third kappa shape index (κ3) is 4.76. The summed E-state index contributed by atoms with van der Waals surface area (Å²) >= 11 is 0. The summed E-state index contributed by atoms with van der Waals surface area (Å²) in [7, 11) is 1.26. The number of esters is 1. The molecule has 2 aromatic carbocycles. The molecule has 0 radical (unpaired) electrons. The van der Waals surface area contributed by atoms with E-state index in [1.807, 2.05) is 24.3 Å². The topological polar surface area (TPSA) is 128 Å². The van der Waals surface area contributed by atoms with E-state index in [-0.39, 0.29) is 17.2 Å². The molecule has 0 unspecified atom stereocenters. The van der Waals surface area contributed by atoms with Gasteiger partial charge in [0.25, 0.3) is 0 Å². The predicted octanol–water partition coefficient (Wildman–Crippen LogP) is 5.02. The number of hydrogen-bond donors (Lipinski definition) is 1. The average Bonchev–Trinajstić information content (AvgIpc) is 2.78. The van der Waals surface area contributed by atoms with Gasteiger partial charge in [-0.1, -0.05) is 29.4 Å². The number of carbonyl (C=O) groups is 2. The molecular weight excluding hydrogens is 386 g/mol. The zero-order valence-corrected chi connectivity index (χ0v) is 16.4. The lowest BCUT2D eigenvalue weighted by molar-refractivity contribution is 0.0601. The minimum absolute atomic E-state index is 0.156. The van der Waals surface area contributed by atoms with Crippen LogP contribution < -0.4 is 0 Å². The molecule has 1 amide bonds. The number of azide groups is 1. The van der Waals surface area contributed by atoms with Crippen molar-refractivity contribution in [2.75, 3.05) is 20.2 Å². The van der Waals surface area contributed by atoms with Crippen molar-refractivity contribution in [3.63, 3.8) is 0 Å². The largest absolute Gasteiger partial charge is 0.465 e. The molecule has 0 saturated carbocycles. The van der Waals surface area contributed by atoms with E-state index in [4.69, 9.17) is 10.3 Å². The quantitative estimate of drug-likeness (QED) is 0.245. The van der Waals surface area contributed by atoms with Crippen LogP contribution in [0.3, 0.4) is 0 Å². The van der Waals surface area contributed by atoms with Gasteiger partial charge in [0.1, 0.15) is 0 Å². The van der Waals surface area contributed by atoms with Crippen molar-refractivity contribution in [1.82, 2.24) is 4.90 Å². The van der Waals surface area contributed by atoms with E-state index in [9.17, 15) is 14.7 Å². The van der Waals surface area contributed by atoms with Gasteiger partial charge in [0.15, 0.2) is 0 Å². The van der Waals surface area contributed by atoms with E-state index in [0.717, 1.165) is 18.4 Å². The second kappa shape index (κ2) is 9.58. The number of hydrogen-bond acceptors (Lipinski definition) is 5. The van der Waals surface area contributed by atoms with E-state index in [1.54, 1.807) is 12.1 Å². The maximum absolute atomic E-state index is 11.9. The number of aliphatic imine (C=N–C) groups is 1. The highest BCUT2D eigenvalue weighted by atomic mass is 16.5. The Balaban J connectivity index is 1.80. The molecule has 2 aromatic rings. The monoisotopic (exact) mass is 407 g/mol. The van der Waals surface area contributed by atoms with Crippen molar-refractivity contribution in [3.8, 4) is 0 Å². The molecule has 154 valence electrons. The molecule has 0 aliphatic carbocycles. The summed E-state index contributed by atoms with van der Waals surface area (Å²) in [6.45, 7) is 1.07. The van der Waals surface area contributed by atoms with Crippen LogP contribution in [0.25, 0.3) is 10.4 Å². The lowest BCUT2D eigenvalue weighted by Gasteiger charge is -2.31. The standard InChI is InChI=1S/C21H21N5O4/c1-30-20(27)18-6-2-4-15(19(18)24-25-22)12-23-17-9-7-14(8-10-17)16-5-3-11-26(13-16)21(28)29/h2,4,6-10,12,16H,3,5,11,13H2,1H3,(H,28,29)/b23-12+/t16-/m1/s1. The highest BCUT2D eigenvalue weighted by Gasteiger charge is 2.24. The minimum atomic E-state index is -0.883. The molecule has 1 N–H and O–H groups in total. The SMILES string of the molecule is COC(=O)c1cccc(/C=N/c2ccc([C@@H]3CCCN(C(=O)O)C3)cc2)c1N=[N+]=[N-]. The Morgan fingerprint density at radius 3 is 2.70 bits per heavy atom. The molecular formula is C21H21N5O4. The fourth-order valence-electron chi connectivity index (χ4n) is 3.50. The van der Waals surface area contributed by atoms with Crippen LogP contribution >= 0.6 is 0 Å². The average molecular weight is 407 g/mol. The number of rotatable bonds is 5. The van der Waals surface area contributed by atoms with E-state index < -0.39 is 12.1 Å². The molecule has 1 fully saturated rings. The highest BCUT2D eigenvalue weighted by Crippen LogP contribution is 2.29. The Morgan fingerprint density at radius 2 is 2.03 bits per heavy atom. The zero-order valence-electron chi connectivity index (χ0n) is 16.4. The van der Waals surface area contributed by atoms with Gasteiger partial charge >= 0.3 is 12.1 Å². The fourth-order valence-corrected chi connectivity index (χ4v) is 3.50. The van der Waals surface area contributed by atoms with E-state index in [2.05, 4.69) is 15.0 Å². The van der Waals surface area contributed by atoms with Gasteiger partial charge in [0.2, 0.25) is 0 Å². The van der Waals surface area contributed by atoms with Crippen molar-refractivity contribution in [2.45, 2.75) is 18.8 Å². The van der Waals surface area contributed by atoms with Crippen molar-refractivity contribution < 1.29 is 19.4 Å². The maximum Gasteiger partial charge on any atom is 0.407 e. The van der Waals surface area contributed by atoms with Crippen LogP contribution in [0.1, 0.15) is 40.2 Å². The fraction of sp³-hybridized carbons (Fsp3) is 0.286. The molecule has 30 heavy (non-hydrogen) atoms. The molecule has 0 bridgehead atoms. The summed E-state index contributed by atoms with van der Waals surface area (Å²) in [6.07, 6.45) is 2.43. The van der Waals surface area contributed by atoms with Crippen LogP contribution in [0.4, 0.5) is 16.2 Å². The Bertz CT molecular complexity index is 1010. The van der Waals surface area contributed by atoms with Gasteiger partial charge in [-0.15, -0.1) is 0 Å². The molecule has 0 spiro atoms. The normalized spacial score (nSPS) is 16.2. The second-order valence-electron chi connectivity index (χ2n) is 6.84. The Morgan fingerprint density at radius 1 is 1.27 bits per heavy atom. The van der Waals surface area contributed by atoms with Gasteiger partial charge in [-0.2, -0.15) is 0 Å². The number of carbonyl (C=O) groups excluding carboxylic acids is 1. The molecule has 1 heterocycles. The molecule has 3 rings (SSSR count). The molecule has 9 heteroatoms. The van der Waals surface area contributed by atoms with Gasteiger partial charge in [0, 0.05) is 35.7 Å². The minimum Gasteiger partial charge on any atom is -0.465 e. The zero-order chi connectivity index (χ0) is 21.5. The number of piperidine rings is 1. The lowest BCUT2D eigenvalue weighted by Crippen LogP contribution is -2.38. The van der Waals surface area contributed by atoms with Crippen LogP contribution in [0.2, 0.25) is 0 Å². The Hall–Kier alpha value is -3.84. The predicted molar refractivity (Wildman–Crippen MR) is 112 cm³/mol. The molecule has 1 aliphatic rings. The number of amides is 1. The number of carboxylic acid groups (broad SMARTS) is 1. The molecule has 1 saturated heterocycles. The summed E-state index contributed by atoms with van der Waals surface area (Å²) in [6, 6.07) is 12.5. The van der Waals surface area contributed by atoms with Gasteiger partial charge in [-0.25, -0.2) is 9.59 Å². The van der Waals surface area contributed by atoms with Gasteiger partial charge < -0.3 is 14.7 Å². The van der Waals surface area contributed by atoms with Crippen molar-refractivity contribution >= 4 is 29.7 Å². The highest BCUT2D eigenvalue weighted by molar-refractivity contribution is 6.00. The van der Waals surface area contributed by atoms with E-state index in [1.165, 1.54) is 24.3 Å². The third-order valence-corrected chi connectivity index (χ3v) is 5.03. The lowest BCUT2D eigenvalue weighted by atomic mass is 9.91. The van der Waals surface area contributed by atoms with Crippen LogP contribution in [0.5, 0.6) is 0 Å². The first-order valence-electron chi connectivity index (χ1n) is 9.41. The molecule has 1 atom stereocenters. The van der Waals surface area contributed by atoms with Crippen molar-refractivity contribution in [2.24, 2.45) is 10.1 Å². The number of likely N-dealkylation sites (tertiary alicyclic amines) is 1. The summed E-state index contributed by atoms with van der Waals surface area (Å²) in [4.78, 5) is 31.8. The van der Waals surface area contributed by atoms with Gasteiger partial charge in [-0.3, -0.25) is 4.99 Å². The number of nitrogens with zero attached hydrogens (tertiary/aromatic N) is 5. The number of methoxy groups -OCH3 is 1. The number of ether oxygens (including phenoxy) is 1. The van der Waals surface area contributed by atoms with Crippen molar-refractivity contribution in [3.05, 3.63) is 69.6 Å². The van der Waals surface area contributed by atoms with Crippen molar-refractivity contribution in [1.29, 1.82) is 0 Å². The summed E-state index contributed by atoms with van der Waals surface area (Å²) < 4.78 is 4.73. The van der Waals surface area contributed by atoms with E-state index >= 15 is 0 Å². The molecule has 0 aromatic heterocycles. The maximum atomic E-state index is 11.9. The summed E-state index contributed by atoms with van der Waals surface area (Å²) in [5, 5.41) is 12.8. The number of benzene rings is 2. The molecule has 9 nitrogen and oxygen atoms in total. The van der Waals surface area contributed by atoms with Crippen LogP contribution in [0.15, 0.2) is 52.6 Å². The smallest absolute Gasteiger partial charge is 0.407 e.